The van der Waals surface area contributed by atoms with Gasteiger partial charge in [0, 0.05) is 12.6 Å². The van der Waals surface area contributed by atoms with Crippen molar-refractivity contribution in [2.75, 3.05) is 6.54 Å². The lowest BCUT2D eigenvalue weighted by Crippen LogP contribution is -2.43. The molecule has 0 fully saturated rings. The molecule has 1 heterocycles. The van der Waals surface area contributed by atoms with Crippen molar-refractivity contribution in [2.24, 2.45) is 0 Å². The third kappa shape index (κ3) is 2.11. The molecule has 0 saturated heterocycles. The molecule has 0 aromatic heterocycles. The van der Waals surface area contributed by atoms with Crippen molar-refractivity contribution in [2.45, 2.75) is 25.4 Å². The predicted octanol–water partition coefficient (Wildman–Crippen LogP) is 2.24. The highest BCUT2D eigenvalue weighted by Crippen LogP contribution is 2.31. The zero-order valence-corrected chi connectivity index (χ0v) is 9.97. The molecule has 1 aliphatic heterocycles. The molecule has 0 aliphatic carbocycles. The molecule has 0 radical (unpaired) electrons. The monoisotopic (exact) mass is 231 g/mol. The molecule has 0 amide bonds. The van der Waals surface area contributed by atoms with E-state index in [4.69, 9.17) is 0 Å². The van der Waals surface area contributed by atoms with Crippen LogP contribution in [0, 0.1) is 0 Å². The van der Waals surface area contributed by atoms with Crippen LogP contribution < -0.4 is 0 Å². The van der Waals surface area contributed by atoms with Gasteiger partial charge in [-0.1, -0.05) is 30.3 Å². The molecular weight excluding hydrogens is 214 g/mol. The van der Waals surface area contributed by atoms with Gasteiger partial charge >= 0.3 is 5.97 Å². The number of benzene rings is 1. The predicted molar refractivity (Wildman–Crippen MR) is 66.9 cm³/mol. The van der Waals surface area contributed by atoms with Gasteiger partial charge in [-0.2, -0.15) is 0 Å². The van der Waals surface area contributed by atoms with E-state index in [1.807, 2.05) is 36.1 Å². The Hall–Kier alpha value is -1.61. The smallest absolute Gasteiger partial charge is 0.325 e. The third-order valence-electron chi connectivity index (χ3n) is 3.42. The summed E-state index contributed by atoms with van der Waals surface area (Å²) in [4.78, 5) is 13.5. The van der Waals surface area contributed by atoms with Crippen molar-refractivity contribution >= 4 is 5.97 Å². The fourth-order valence-corrected chi connectivity index (χ4v) is 2.43. The van der Waals surface area contributed by atoms with Crippen molar-refractivity contribution in [3.05, 3.63) is 48.0 Å². The van der Waals surface area contributed by atoms with E-state index in [9.17, 15) is 9.90 Å². The first-order chi connectivity index (χ1) is 8.15. The SMILES string of the molecule is C=CC(C)N1CCc2ccccc2C1C(=O)O. The molecule has 0 spiro atoms. The molecule has 17 heavy (non-hydrogen) atoms. The highest BCUT2D eigenvalue weighted by molar-refractivity contribution is 5.76. The molecule has 3 nitrogen and oxygen atoms in total. The van der Waals surface area contributed by atoms with Crippen molar-refractivity contribution in [1.82, 2.24) is 4.90 Å². The van der Waals surface area contributed by atoms with Gasteiger partial charge in [0.05, 0.1) is 0 Å². The van der Waals surface area contributed by atoms with Gasteiger partial charge in [0.1, 0.15) is 6.04 Å². The Labute approximate surface area is 101 Å². The second-order valence-electron chi connectivity index (χ2n) is 4.40. The quantitative estimate of drug-likeness (QED) is 0.811. The van der Waals surface area contributed by atoms with E-state index in [-0.39, 0.29) is 6.04 Å². The zero-order valence-electron chi connectivity index (χ0n) is 9.97. The van der Waals surface area contributed by atoms with Gasteiger partial charge < -0.3 is 5.11 Å². The third-order valence-corrected chi connectivity index (χ3v) is 3.42. The maximum Gasteiger partial charge on any atom is 0.325 e. The normalized spacial score (nSPS) is 21.6. The number of carboxylic acid groups (broad SMARTS) is 1. The zero-order chi connectivity index (χ0) is 12.4. The summed E-state index contributed by atoms with van der Waals surface area (Å²) >= 11 is 0. The van der Waals surface area contributed by atoms with Crippen LogP contribution in [0.2, 0.25) is 0 Å². The molecule has 2 atom stereocenters. The standard InChI is InChI=1S/C14H17NO2/c1-3-10(2)15-9-8-11-6-4-5-7-12(11)13(15)14(16)17/h3-7,10,13H,1,8-9H2,2H3,(H,16,17). The number of hydrogen-bond acceptors (Lipinski definition) is 2. The van der Waals surface area contributed by atoms with E-state index in [0.717, 1.165) is 24.1 Å². The largest absolute Gasteiger partial charge is 0.480 e. The van der Waals surface area contributed by atoms with Crippen LogP contribution in [0.25, 0.3) is 0 Å². The molecule has 2 rings (SSSR count). The van der Waals surface area contributed by atoms with Gasteiger partial charge in [-0.3, -0.25) is 9.69 Å². The first-order valence-corrected chi connectivity index (χ1v) is 5.84. The van der Waals surface area contributed by atoms with E-state index >= 15 is 0 Å². The summed E-state index contributed by atoms with van der Waals surface area (Å²) in [7, 11) is 0. The van der Waals surface area contributed by atoms with Crippen LogP contribution in [0.15, 0.2) is 36.9 Å². The first-order valence-electron chi connectivity index (χ1n) is 5.84. The summed E-state index contributed by atoms with van der Waals surface area (Å²) in [6, 6.07) is 7.32. The van der Waals surface area contributed by atoms with Crippen molar-refractivity contribution in [3.8, 4) is 0 Å². The molecular formula is C14H17NO2. The molecule has 1 aliphatic rings. The highest BCUT2D eigenvalue weighted by atomic mass is 16.4. The summed E-state index contributed by atoms with van der Waals surface area (Å²) < 4.78 is 0. The topological polar surface area (TPSA) is 40.5 Å². The molecule has 0 saturated carbocycles. The summed E-state index contributed by atoms with van der Waals surface area (Å²) in [6.45, 7) is 6.50. The molecule has 90 valence electrons. The van der Waals surface area contributed by atoms with E-state index in [1.54, 1.807) is 6.08 Å². The lowest BCUT2D eigenvalue weighted by atomic mass is 9.91. The van der Waals surface area contributed by atoms with E-state index in [2.05, 4.69) is 6.58 Å². The van der Waals surface area contributed by atoms with Gasteiger partial charge in [0.25, 0.3) is 0 Å². The Balaban J connectivity index is 2.42. The number of carbonyl (C=O) groups is 1. The second-order valence-corrected chi connectivity index (χ2v) is 4.40. The number of rotatable bonds is 3. The van der Waals surface area contributed by atoms with Crippen LogP contribution in [0.1, 0.15) is 24.1 Å². The Morgan fingerprint density at radius 3 is 2.94 bits per heavy atom. The Bertz CT molecular complexity index is 442. The van der Waals surface area contributed by atoms with Gasteiger partial charge in [-0.05, 0) is 24.5 Å². The number of aliphatic carboxylic acids is 1. The fraction of sp³-hybridized carbons (Fsp3) is 0.357. The molecule has 1 aromatic rings. The summed E-state index contributed by atoms with van der Waals surface area (Å²) in [5.74, 6) is -0.786. The van der Waals surface area contributed by atoms with Gasteiger partial charge in [0.2, 0.25) is 0 Å². The Morgan fingerprint density at radius 1 is 1.59 bits per heavy atom. The Morgan fingerprint density at radius 2 is 2.29 bits per heavy atom. The second kappa shape index (κ2) is 4.72. The van der Waals surface area contributed by atoms with E-state index in [0.29, 0.717) is 0 Å². The number of carboxylic acids is 1. The van der Waals surface area contributed by atoms with Crippen molar-refractivity contribution in [3.63, 3.8) is 0 Å². The maximum atomic E-state index is 11.5. The lowest BCUT2D eigenvalue weighted by Gasteiger charge is -2.37. The summed E-state index contributed by atoms with van der Waals surface area (Å²) in [5, 5.41) is 9.42. The number of fused-ring (bicyclic) bond motifs is 1. The van der Waals surface area contributed by atoms with Crippen LogP contribution in [-0.4, -0.2) is 28.6 Å². The van der Waals surface area contributed by atoms with Crippen molar-refractivity contribution in [1.29, 1.82) is 0 Å². The van der Waals surface area contributed by atoms with Gasteiger partial charge in [0.15, 0.2) is 0 Å². The van der Waals surface area contributed by atoms with Crippen LogP contribution >= 0.6 is 0 Å². The molecule has 1 N–H and O–H groups in total. The first kappa shape index (κ1) is 11.9. The molecule has 1 aromatic carbocycles. The summed E-state index contributed by atoms with van der Waals surface area (Å²) in [5.41, 5.74) is 2.06. The molecule has 0 bridgehead atoms. The lowest BCUT2D eigenvalue weighted by molar-refractivity contribution is -0.144. The van der Waals surface area contributed by atoms with Crippen LogP contribution in [0.4, 0.5) is 0 Å². The minimum atomic E-state index is -0.786. The van der Waals surface area contributed by atoms with E-state index in [1.165, 1.54) is 0 Å². The average molecular weight is 231 g/mol. The van der Waals surface area contributed by atoms with Crippen LogP contribution in [-0.2, 0) is 11.2 Å². The molecule has 2 unspecified atom stereocenters. The number of nitrogens with zero attached hydrogens (tertiary/aromatic N) is 1. The van der Waals surface area contributed by atoms with E-state index < -0.39 is 12.0 Å². The highest BCUT2D eigenvalue weighted by Gasteiger charge is 2.34. The average Bonchev–Trinajstić information content (AvgIpc) is 2.36. The number of hydrogen-bond donors (Lipinski definition) is 1. The Kier molecular flexibility index (Phi) is 3.29. The van der Waals surface area contributed by atoms with Crippen molar-refractivity contribution < 1.29 is 9.90 Å². The minimum absolute atomic E-state index is 0.0736. The van der Waals surface area contributed by atoms with Crippen LogP contribution in [0.3, 0.4) is 0 Å². The maximum absolute atomic E-state index is 11.5. The van der Waals surface area contributed by atoms with Crippen LogP contribution in [0.5, 0.6) is 0 Å². The summed E-state index contributed by atoms with van der Waals surface area (Å²) in [6.07, 6.45) is 2.70. The minimum Gasteiger partial charge on any atom is -0.480 e. The van der Waals surface area contributed by atoms with Gasteiger partial charge in [-0.15, -0.1) is 6.58 Å². The fourth-order valence-electron chi connectivity index (χ4n) is 2.43. The van der Waals surface area contributed by atoms with Gasteiger partial charge in [-0.25, -0.2) is 0 Å². The molecule has 3 heteroatoms.